The quantitative estimate of drug-likeness (QED) is 0.513. The van der Waals surface area contributed by atoms with E-state index in [0.29, 0.717) is 11.4 Å². The molecule has 0 unspecified atom stereocenters. The Hall–Kier alpha value is -1.93. The highest BCUT2D eigenvalue weighted by Crippen LogP contribution is 2.27. The zero-order valence-electron chi connectivity index (χ0n) is 10.3. The topological polar surface area (TPSA) is 99.0 Å². The minimum atomic E-state index is -0.467. The Morgan fingerprint density at radius 1 is 1.42 bits per heavy atom. The SMILES string of the molecule is Cc1nn(-c2cc(NN)cc([N+](=O)[O-])c2)c(C)c1Br. The van der Waals surface area contributed by atoms with E-state index in [0.717, 1.165) is 15.9 Å². The van der Waals surface area contributed by atoms with Crippen molar-refractivity contribution in [2.45, 2.75) is 13.8 Å². The largest absolute Gasteiger partial charge is 0.324 e. The average Bonchev–Trinajstić information content (AvgIpc) is 2.66. The molecule has 100 valence electrons. The lowest BCUT2D eigenvalue weighted by Crippen LogP contribution is -2.09. The molecule has 2 aromatic rings. The van der Waals surface area contributed by atoms with E-state index in [2.05, 4.69) is 26.5 Å². The molecule has 0 aliphatic rings. The van der Waals surface area contributed by atoms with Crippen molar-refractivity contribution in [2.24, 2.45) is 5.84 Å². The Morgan fingerprint density at radius 2 is 2.11 bits per heavy atom. The molecular formula is C11H12BrN5O2. The number of nitro groups is 1. The van der Waals surface area contributed by atoms with Gasteiger partial charge in [-0.2, -0.15) is 5.10 Å². The standard InChI is InChI=1S/C11H12BrN5O2/c1-6-11(12)7(2)16(15-6)9-3-8(14-13)4-10(5-9)17(18)19/h3-5,14H,13H2,1-2H3. The molecule has 0 aliphatic heterocycles. The number of anilines is 1. The average molecular weight is 326 g/mol. The van der Waals surface area contributed by atoms with E-state index in [1.807, 2.05) is 13.8 Å². The molecule has 0 radical (unpaired) electrons. The number of nitrogens with zero attached hydrogens (tertiary/aromatic N) is 3. The number of rotatable bonds is 3. The molecule has 0 saturated carbocycles. The predicted molar refractivity (Wildman–Crippen MR) is 75.2 cm³/mol. The molecule has 19 heavy (non-hydrogen) atoms. The fourth-order valence-corrected chi connectivity index (χ4v) is 2.03. The molecule has 0 amide bonds. The summed E-state index contributed by atoms with van der Waals surface area (Å²) in [6, 6.07) is 4.51. The minimum absolute atomic E-state index is 0.0471. The molecule has 0 fully saturated rings. The number of hydrogen-bond donors (Lipinski definition) is 2. The van der Waals surface area contributed by atoms with Crippen LogP contribution in [0, 0.1) is 24.0 Å². The van der Waals surface area contributed by atoms with Crippen LogP contribution in [0.1, 0.15) is 11.4 Å². The van der Waals surface area contributed by atoms with Crippen molar-refractivity contribution in [3.63, 3.8) is 0 Å². The van der Waals surface area contributed by atoms with Gasteiger partial charge in [0.05, 0.1) is 32.2 Å². The molecule has 0 saturated heterocycles. The summed E-state index contributed by atoms with van der Waals surface area (Å²) in [4.78, 5) is 10.4. The van der Waals surface area contributed by atoms with Crippen molar-refractivity contribution in [2.75, 3.05) is 5.43 Å². The fourth-order valence-electron chi connectivity index (χ4n) is 1.78. The number of nitrogen functional groups attached to an aromatic ring is 1. The summed E-state index contributed by atoms with van der Waals surface area (Å²) in [5, 5.41) is 15.2. The van der Waals surface area contributed by atoms with Gasteiger partial charge in [-0.1, -0.05) is 0 Å². The number of nitrogens with one attached hydrogen (secondary N) is 1. The zero-order valence-corrected chi connectivity index (χ0v) is 11.9. The molecule has 0 atom stereocenters. The van der Waals surface area contributed by atoms with Gasteiger partial charge in [0.2, 0.25) is 0 Å². The van der Waals surface area contributed by atoms with Crippen LogP contribution in [0.5, 0.6) is 0 Å². The molecular weight excluding hydrogens is 314 g/mol. The second kappa shape index (κ2) is 4.98. The van der Waals surface area contributed by atoms with Crippen LogP contribution in [0.3, 0.4) is 0 Å². The Bertz CT molecular complexity index is 653. The normalized spacial score (nSPS) is 10.5. The summed E-state index contributed by atoms with van der Waals surface area (Å²) in [6.07, 6.45) is 0. The van der Waals surface area contributed by atoms with Crippen molar-refractivity contribution in [3.05, 3.63) is 44.2 Å². The summed E-state index contributed by atoms with van der Waals surface area (Å²) in [5.74, 6) is 5.33. The lowest BCUT2D eigenvalue weighted by Gasteiger charge is -2.07. The smallest absolute Gasteiger partial charge is 0.273 e. The Balaban J connectivity index is 2.64. The maximum atomic E-state index is 10.9. The number of aromatic nitrogens is 2. The number of nitro benzene ring substituents is 1. The molecule has 1 heterocycles. The second-order valence-electron chi connectivity index (χ2n) is 4.04. The van der Waals surface area contributed by atoms with E-state index in [4.69, 9.17) is 5.84 Å². The Labute approximate surface area is 117 Å². The summed E-state index contributed by atoms with van der Waals surface area (Å²) in [7, 11) is 0. The molecule has 0 aliphatic carbocycles. The third kappa shape index (κ3) is 2.45. The number of nitrogens with two attached hydrogens (primary N) is 1. The first-order chi connectivity index (χ1) is 8.93. The first kappa shape index (κ1) is 13.5. The molecule has 8 heteroatoms. The zero-order chi connectivity index (χ0) is 14.2. The highest BCUT2D eigenvalue weighted by molar-refractivity contribution is 9.10. The molecule has 2 rings (SSSR count). The Kier molecular flexibility index (Phi) is 3.54. The number of aryl methyl sites for hydroxylation is 1. The number of benzene rings is 1. The highest BCUT2D eigenvalue weighted by Gasteiger charge is 2.15. The molecule has 1 aromatic carbocycles. The van der Waals surface area contributed by atoms with Crippen molar-refractivity contribution in [1.82, 2.24) is 9.78 Å². The third-order valence-corrected chi connectivity index (χ3v) is 3.88. The van der Waals surface area contributed by atoms with Crippen molar-refractivity contribution in [3.8, 4) is 5.69 Å². The van der Waals surface area contributed by atoms with Gasteiger partial charge in [-0.25, -0.2) is 4.68 Å². The highest BCUT2D eigenvalue weighted by atomic mass is 79.9. The number of hydrazine groups is 1. The number of non-ortho nitro benzene ring substituents is 1. The van der Waals surface area contributed by atoms with E-state index in [1.54, 1.807) is 10.7 Å². The number of hydrogen-bond acceptors (Lipinski definition) is 5. The van der Waals surface area contributed by atoms with Gasteiger partial charge in [0.1, 0.15) is 0 Å². The predicted octanol–water partition coefficient (Wildman–Crippen LogP) is 2.45. The maximum Gasteiger partial charge on any atom is 0.273 e. The van der Waals surface area contributed by atoms with Crippen molar-refractivity contribution in [1.29, 1.82) is 0 Å². The van der Waals surface area contributed by atoms with Gasteiger partial charge in [0.15, 0.2) is 0 Å². The molecule has 0 spiro atoms. The van der Waals surface area contributed by atoms with Gasteiger partial charge < -0.3 is 5.43 Å². The van der Waals surface area contributed by atoms with Gasteiger partial charge in [-0.05, 0) is 35.8 Å². The van der Waals surface area contributed by atoms with E-state index in [-0.39, 0.29) is 5.69 Å². The van der Waals surface area contributed by atoms with Crippen LogP contribution in [0.4, 0.5) is 11.4 Å². The van der Waals surface area contributed by atoms with E-state index in [9.17, 15) is 10.1 Å². The summed E-state index contributed by atoms with van der Waals surface area (Å²) in [6.45, 7) is 3.73. The van der Waals surface area contributed by atoms with Crippen LogP contribution in [0.25, 0.3) is 5.69 Å². The second-order valence-corrected chi connectivity index (χ2v) is 4.83. The third-order valence-electron chi connectivity index (χ3n) is 2.73. The summed E-state index contributed by atoms with van der Waals surface area (Å²) in [5.41, 5.74) is 5.07. The summed E-state index contributed by atoms with van der Waals surface area (Å²) >= 11 is 3.42. The Morgan fingerprint density at radius 3 is 2.58 bits per heavy atom. The van der Waals surface area contributed by atoms with Crippen LogP contribution in [0.2, 0.25) is 0 Å². The molecule has 0 bridgehead atoms. The van der Waals surface area contributed by atoms with Gasteiger partial charge in [0.25, 0.3) is 5.69 Å². The monoisotopic (exact) mass is 325 g/mol. The maximum absolute atomic E-state index is 10.9. The van der Waals surface area contributed by atoms with Crippen LogP contribution in [-0.4, -0.2) is 14.7 Å². The van der Waals surface area contributed by atoms with Crippen LogP contribution in [0.15, 0.2) is 22.7 Å². The molecule has 1 aromatic heterocycles. The van der Waals surface area contributed by atoms with Gasteiger partial charge >= 0.3 is 0 Å². The van der Waals surface area contributed by atoms with Crippen LogP contribution < -0.4 is 11.3 Å². The van der Waals surface area contributed by atoms with E-state index >= 15 is 0 Å². The van der Waals surface area contributed by atoms with E-state index in [1.165, 1.54) is 12.1 Å². The lowest BCUT2D eigenvalue weighted by molar-refractivity contribution is -0.384. The van der Waals surface area contributed by atoms with Crippen molar-refractivity contribution < 1.29 is 4.92 Å². The number of halogens is 1. The van der Waals surface area contributed by atoms with Crippen LogP contribution in [-0.2, 0) is 0 Å². The van der Waals surface area contributed by atoms with E-state index < -0.39 is 4.92 Å². The summed E-state index contributed by atoms with van der Waals surface area (Å²) < 4.78 is 2.51. The van der Waals surface area contributed by atoms with Gasteiger partial charge in [-0.3, -0.25) is 16.0 Å². The first-order valence-electron chi connectivity index (χ1n) is 5.42. The van der Waals surface area contributed by atoms with Gasteiger partial charge in [-0.15, -0.1) is 0 Å². The molecule has 3 N–H and O–H groups in total. The van der Waals surface area contributed by atoms with Crippen molar-refractivity contribution >= 4 is 27.3 Å². The van der Waals surface area contributed by atoms with Gasteiger partial charge in [0, 0.05) is 12.1 Å². The lowest BCUT2D eigenvalue weighted by atomic mass is 10.2. The minimum Gasteiger partial charge on any atom is -0.324 e. The first-order valence-corrected chi connectivity index (χ1v) is 6.21. The van der Waals surface area contributed by atoms with Crippen LogP contribution >= 0.6 is 15.9 Å². The molecule has 7 nitrogen and oxygen atoms in total. The fraction of sp³-hybridized carbons (Fsp3) is 0.182.